The number of nitrogens with zero attached hydrogens (tertiary/aromatic N) is 2. The fourth-order valence-corrected chi connectivity index (χ4v) is 1.61. The van der Waals surface area contributed by atoms with Crippen molar-refractivity contribution in [1.82, 2.24) is 9.59 Å². The summed E-state index contributed by atoms with van der Waals surface area (Å²) in [6.45, 7) is 0. The van der Waals surface area contributed by atoms with Crippen molar-refractivity contribution in [2.45, 2.75) is 6.42 Å². The smallest absolute Gasteiger partial charge is 0.180 e. The van der Waals surface area contributed by atoms with Gasteiger partial charge in [0.25, 0.3) is 0 Å². The molecule has 0 radical (unpaired) electrons. The molecule has 0 saturated carbocycles. The molecule has 2 rings (SSSR count). The molecule has 0 amide bonds. The van der Waals surface area contributed by atoms with Crippen LogP contribution in [0, 0.1) is 0 Å². The molecule has 0 aliphatic heterocycles. The predicted octanol–water partition coefficient (Wildman–Crippen LogP) is 1.96. The zero-order valence-electron chi connectivity index (χ0n) is 7.38. The zero-order valence-corrected chi connectivity index (χ0v) is 8.20. The molecular weight excluding hydrogens is 196 g/mol. The Morgan fingerprint density at radius 3 is 2.71 bits per heavy atom. The average Bonchev–Trinajstić information content (AvgIpc) is 2.72. The Kier molecular flexibility index (Phi) is 2.65. The van der Waals surface area contributed by atoms with E-state index in [0.717, 1.165) is 17.1 Å². The summed E-state index contributed by atoms with van der Waals surface area (Å²) < 4.78 is 3.66. The van der Waals surface area contributed by atoms with E-state index in [-0.39, 0.29) is 5.78 Å². The lowest BCUT2D eigenvalue weighted by Gasteiger charge is -1.96. The second-order valence-corrected chi connectivity index (χ2v) is 3.65. The molecule has 3 nitrogen and oxygen atoms in total. The van der Waals surface area contributed by atoms with Crippen molar-refractivity contribution >= 4 is 17.3 Å². The third-order valence-electron chi connectivity index (χ3n) is 1.84. The Morgan fingerprint density at radius 1 is 1.29 bits per heavy atom. The van der Waals surface area contributed by atoms with Crippen LogP contribution in [0.3, 0.4) is 0 Å². The van der Waals surface area contributed by atoms with Gasteiger partial charge in [-0.2, -0.15) is 0 Å². The van der Waals surface area contributed by atoms with E-state index in [1.165, 1.54) is 6.20 Å². The van der Waals surface area contributed by atoms with Crippen LogP contribution < -0.4 is 0 Å². The quantitative estimate of drug-likeness (QED) is 0.718. The summed E-state index contributed by atoms with van der Waals surface area (Å²) in [4.78, 5) is 12.2. The first-order valence-corrected chi connectivity index (χ1v) is 4.98. The largest absolute Gasteiger partial charge is 0.293 e. The monoisotopic (exact) mass is 204 g/mol. The highest BCUT2D eigenvalue weighted by Gasteiger charge is 2.08. The summed E-state index contributed by atoms with van der Waals surface area (Å²) in [5, 5.41) is 3.63. The van der Waals surface area contributed by atoms with Crippen LogP contribution >= 0.6 is 11.5 Å². The van der Waals surface area contributed by atoms with E-state index in [1.807, 2.05) is 30.3 Å². The third-order valence-corrected chi connectivity index (χ3v) is 2.55. The summed E-state index contributed by atoms with van der Waals surface area (Å²) in [5.41, 5.74) is 1.02. The Balaban J connectivity index is 2.10. The molecule has 2 aromatic rings. The molecular formula is C10H8N2OS. The van der Waals surface area contributed by atoms with Crippen LogP contribution in [0.25, 0.3) is 0 Å². The van der Waals surface area contributed by atoms with Gasteiger partial charge in [-0.25, -0.2) is 0 Å². The van der Waals surface area contributed by atoms with Crippen molar-refractivity contribution in [2.24, 2.45) is 0 Å². The van der Waals surface area contributed by atoms with Gasteiger partial charge in [0.05, 0.1) is 6.20 Å². The lowest BCUT2D eigenvalue weighted by molar-refractivity contribution is 0.0996. The summed E-state index contributed by atoms with van der Waals surface area (Å²) in [7, 11) is 0. The van der Waals surface area contributed by atoms with Crippen molar-refractivity contribution < 1.29 is 4.79 Å². The van der Waals surface area contributed by atoms with Crippen LogP contribution in [0.4, 0.5) is 0 Å². The number of Topliss-reactive ketones (excluding diaryl/α,β-unsaturated/α-hetero) is 1. The number of hydrogen-bond acceptors (Lipinski definition) is 4. The molecule has 0 fully saturated rings. The van der Waals surface area contributed by atoms with Gasteiger partial charge in [-0.1, -0.05) is 34.8 Å². The van der Waals surface area contributed by atoms with Crippen LogP contribution in [-0.2, 0) is 6.42 Å². The van der Waals surface area contributed by atoms with Gasteiger partial charge in [0.1, 0.15) is 4.88 Å². The molecule has 0 spiro atoms. The van der Waals surface area contributed by atoms with Gasteiger partial charge >= 0.3 is 0 Å². The van der Waals surface area contributed by atoms with Crippen LogP contribution in [-0.4, -0.2) is 15.4 Å². The fraction of sp³-hybridized carbons (Fsp3) is 0.100. The topological polar surface area (TPSA) is 42.9 Å². The lowest BCUT2D eigenvalue weighted by Crippen LogP contribution is -2.00. The minimum absolute atomic E-state index is 0.0752. The van der Waals surface area contributed by atoms with Crippen molar-refractivity contribution in [3.05, 3.63) is 47.0 Å². The van der Waals surface area contributed by atoms with E-state index in [9.17, 15) is 4.79 Å². The molecule has 0 aliphatic rings. The van der Waals surface area contributed by atoms with Crippen molar-refractivity contribution in [1.29, 1.82) is 0 Å². The van der Waals surface area contributed by atoms with Crippen LogP contribution in [0.5, 0.6) is 0 Å². The Labute approximate surface area is 85.6 Å². The molecule has 0 unspecified atom stereocenters. The maximum Gasteiger partial charge on any atom is 0.180 e. The first kappa shape index (κ1) is 9.02. The first-order chi connectivity index (χ1) is 6.86. The molecule has 1 aromatic heterocycles. The zero-order chi connectivity index (χ0) is 9.80. The number of aromatic nitrogens is 2. The Hall–Kier alpha value is -1.55. The molecule has 70 valence electrons. The van der Waals surface area contributed by atoms with Gasteiger partial charge in [-0.05, 0) is 17.1 Å². The normalized spacial score (nSPS) is 10.0. The summed E-state index contributed by atoms with van der Waals surface area (Å²) in [5.74, 6) is 0.0752. The number of carbonyl (C=O) groups excluding carboxylic acids is 1. The number of hydrogen-bond donors (Lipinski definition) is 0. The van der Waals surface area contributed by atoms with Crippen molar-refractivity contribution in [3.63, 3.8) is 0 Å². The molecule has 1 aromatic carbocycles. The van der Waals surface area contributed by atoms with Gasteiger partial charge in [0.15, 0.2) is 5.78 Å². The number of benzene rings is 1. The molecule has 0 atom stereocenters. The van der Waals surface area contributed by atoms with Gasteiger partial charge in [0.2, 0.25) is 0 Å². The summed E-state index contributed by atoms with van der Waals surface area (Å²) >= 11 is 1.14. The third kappa shape index (κ3) is 2.03. The SMILES string of the molecule is O=C(Cc1ccccc1)c1cnns1. The van der Waals surface area contributed by atoms with E-state index >= 15 is 0 Å². The molecule has 0 saturated heterocycles. The standard InChI is InChI=1S/C10H8N2OS/c13-9(10-7-11-12-14-10)6-8-4-2-1-3-5-8/h1-5,7H,6H2. The second-order valence-electron chi connectivity index (χ2n) is 2.87. The Morgan fingerprint density at radius 2 is 2.07 bits per heavy atom. The maximum absolute atomic E-state index is 11.6. The van der Waals surface area contributed by atoms with Gasteiger partial charge in [-0.3, -0.25) is 4.79 Å². The summed E-state index contributed by atoms with van der Waals surface area (Å²) in [6.07, 6.45) is 1.93. The van der Waals surface area contributed by atoms with Crippen LogP contribution in [0.15, 0.2) is 36.5 Å². The summed E-state index contributed by atoms with van der Waals surface area (Å²) in [6, 6.07) is 9.65. The minimum Gasteiger partial charge on any atom is -0.293 e. The lowest BCUT2D eigenvalue weighted by atomic mass is 10.1. The fourth-order valence-electron chi connectivity index (χ4n) is 1.16. The molecule has 0 aliphatic carbocycles. The van der Waals surface area contributed by atoms with Crippen LogP contribution in [0.1, 0.15) is 15.2 Å². The maximum atomic E-state index is 11.6. The highest BCUT2D eigenvalue weighted by atomic mass is 32.1. The first-order valence-electron chi connectivity index (χ1n) is 4.21. The van der Waals surface area contributed by atoms with E-state index in [4.69, 9.17) is 0 Å². The van der Waals surface area contributed by atoms with Gasteiger partial charge in [0, 0.05) is 6.42 Å². The van der Waals surface area contributed by atoms with E-state index < -0.39 is 0 Å². The number of rotatable bonds is 3. The molecule has 0 bridgehead atoms. The molecule has 4 heteroatoms. The molecule has 14 heavy (non-hydrogen) atoms. The minimum atomic E-state index is 0.0752. The van der Waals surface area contributed by atoms with E-state index in [0.29, 0.717) is 11.3 Å². The van der Waals surface area contributed by atoms with Crippen molar-refractivity contribution in [2.75, 3.05) is 0 Å². The highest BCUT2D eigenvalue weighted by Crippen LogP contribution is 2.08. The van der Waals surface area contributed by atoms with Gasteiger partial charge < -0.3 is 0 Å². The van der Waals surface area contributed by atoms with Crippen molar-refractivity contribution in [3.8, 4) is 0 Å². The van der Waals surface area contributed by atoms with E-state index in [2.05, 4.69) is 9.59 Å². The Bertz CT molecular complexity index is 411. The van der Waals surface area contributed by atoms with Crippen LogP contribution in [0.2, 0.25) is 0 Å². The van der Waals surface area contributed by atoms with E-state index in [1.54, 1.807) is 0 Å². The second kappa shape index (κ2) is 4.11. The van der Waals surface area contributed by atoms with Gasteiger partial charge in [-0.15, -0.1) is 5.10 Å². The highest BCUT2D eigenvalue weighted by molar-refractivity contribution is 7.07. The predicted molar refractivity (Wildman–Crippen MR) is 54.4 cm³/mol. The molecule has 0 N–H and O–H groups in total. The number of ketones is 1. The molecule has 1 heterocycles. The average molecular weight is 204 g/mol. The number of carbonyl (C=O) groups is 1.